The zero-order valence-corrected chi connectivity index (χ0v) is 12.6. The predicted molar refractivity (Wildman–Crippen MR) is 83.0 cm³/mol. The first-order valence-electron chi connectivity index (χ1n) is 7.98. The third kappa shape index (κ3) is 3.65. The van der Waals surface area contributed by atoms with Gasteiger partial charge in [0.1, 0.15) is 0 Å². The monoisotopic (exact) mass is 302 g/mol. The van der Waals surface area contributed by atoms with Crippen LogP contribution in [0.4, 0.5) is 0 Å². The quantitative estimate of drug-likeness (QED) is 0.871. The van der Waals surface area contributed by atoms with Crippen molar-refractivity contribution in [1.82, 2.24) is 10.2 Å². The number of hydrogen-bond donors (Lipinski definition) is 2. The number of rotatable bonds is 5. The van der Waals surface area contributed by atoms with Crippen molar-refractivity contribution in [2.24, 2.45) is 0 Å². The summed E-state index contributed by atoms with van der Waals surface area (Å²) >= 11 is 0. The summed E-state index contributed by atoms with van der Waals surface area (Å²) in [6, 6.07) is 7.64. The number of aromatic carboxylic acids is 1. The Labute approximate surface area is 130 Å². The van der Waals surface area contributed by atoms with Gasteiger partial charge in [0.2, 0.25) is 5.91 Å². The van der Waals surface area contributed by atoms with E-state index >= 15 is 0 Å². The minimum atomic E-state index is -0.903. The summed E-state index contributed by atoms with van der Waals surface area (Å²) < 4.78 is 0. The molecule has 1 amide bonds. The number of amides is 1. The molecule has 22 heavy (non-hydrogen) atoms. The zero-order valence-electron chi connectivity index (χ0n) is 12.6. The lowest BCUT2D eigenvalue weighted by Crippen LogP contribution is -2.43. The van der Waals surface area contributed by atoms with Crippen LogP contribution >= 0.6 is 0 Å². The van der Waals surface area contributed by atoms with Crippen molar-refractivity contribution in [2.75, 3.05) is 19.6 Å². The van der Waals surface area contributed by atoms with Crippen molar-refractivity contribution in [3.8, 4) is 0 Å². The molecular weight excluding hydrogens is 280 g/mol. The van der Waals surface area contributed by atoms with Gasteiger partial charge in [-0.25, -0.2) is 4.79 Å². The average molecular weight is 302 g/mol. The Morgan fingerprint density at radius 3 is 2.82 bits per heavy atom. The highest BCUT2D eigenvalue weighted by atomic mass is 16.4. The van der Waals surface area contributed by atoms with E-state index < -0.39 is 5.97 Å². The molecule has 0 radical (unpaired) electrons. The first-order chi connectivity index (χ1) is 10.6. The topological polar surface area (TPSA) is 69.6 Å². The molecule has 1 aliphatic carbocycles. The van der Waals surface area contributed by atoms with Crippen LogP contribution in [-0.4, -0.2) is 47.6 Å². The van der Waals surface area contributed by atoms with E-state index in [1.165, 1.54) is 12.8 Å². The van der Waals surface area contributed by atoms with E-state index in [1.807, 2.05) is 11.0 Å². The Bertz CT molecular complexity index is 569. The molecule has 1 saturated carbocycles. The molecule has 1 atom stereocenters. The maximum atomic E-state index is 12.3. The maximum Gasteiger partial charge on any atom is 0.335 e. The second-order valence-electron chi connectivity index (χ2n) is 6.26. The summed E-state index contributed by atoms with van der Waals surface area (Å²) in [5.41, 5.74) is 1.34. The van der Waals surface area contributed by atoms with E-state index in [0.29, 0.717) is 24.7 Å². The number of likely N-dealkylation sites (tertiary alicyclic amines) is 1. The van der Waals surface area contributed by atoms with Crippen LogP contribution in [0.15, 0.2) is 24.3 Å². The minimum Gasteiger partial charge on any atom is -0.478 e. The summed E-state index contributed by atoms with van der Waals surface area (Å²) in [4.78, 5) is 25.3. The van der Waals surface area contributed by atoms with E-state index in [4.69, 9.17) is 5.11 Å². The molecule has 1 aliphatic heterocycles. The molecule has 1 unspecified atom stereocenters. The summed E-state index contributed by atoms with van der Waals surface area (Å²) in [6.45, 7) is 1.92. The van der Waals surface area contributed by atoms with E-state index in [0.717, 1.165) is 24.9 Å². The maximum absolute atomic E-state index is 12.3. The fourth-order valence-electron chi connectivity index (χ4n) is 3.03. The Morgan fingerprint density at radius 1 is 1.27 bits per heavy atom. The van der Waals surface area contributed by atoms with Crippen LogP contribution < -0.4 is 5.32 Å². The highest BCUT2D eigenvalue weighted by Crippen LogP contribution is 2.27. The van der Waals surface area contributed by atoms with Gasteiger partial charge < -0.3 is 15.3 Å². The Hall–Kier alpha value is -1.88. The first-order valence-corrected chi connectivity index (χ1v) is 7.98. The molecule has 5 nitrogen and oxygen atoms in total. The highest BCUT2D eigenvalue weighted by Gasteiger charge is 2.27. The molecule has 0 spiro atoms. The van der Waals surface area contributed by atoms with E-state index in [2.05, 4.69) is 5.32 Å². The smallest absolute Gasteiger partial charge is 0.335 e. The molecule has 3 rings (SSSR count). The number of piperidine rings is 1. The van der Waals surface area contributed by atoms with Gasteiger partial charge in [0.25, 0.3) is 0 Å². The van der Waals surface area contributed by atoms with Crippen LogP contribution in [0, 0.1) is 0 Å². The molecular formula is C17H22N2O3. The molecule has 0 bridgehead atoms. The van der Waals surface area contributed by atoms with Gasteiger partial charge in [-0.2, -0.15) is 0 Å². The fraction of sp³-hybridized carbons (Fsp3) is 0.529. The van der Waals surface area contributed by atoms with E-state index in [9.17, 15) is 9.59 Å². The molecule has 2 aliphatic rings. The van der Waals surface area contributed by atoms with Crippen molar-refractivity contribution >= 4 is 11.9 Å². The number of benzene rings is 1. The fourth-order valence-corrected chi connectivity index (χ4v) is 3.03. The van der Waals surface area contributed by atoms with Crippen molar-refractivity contribution in [3.05, 3.63) is 35.4 Å². The molecule has 1 heterocycles. The summed E-state index contributed by atoms with van der Waals surface area (Å²) in [5, 5.41) is 12.4. The molecule has 0 aromatic heterocycles. The van der Waals surface area contributed by atoms with Crippen LogP contribution in [0.5, 0.6) is 0 Å². The van der Waals surface area contributed by atoms with Gasteiger partial charge in [-0.1, -0.05) is 12.1 Å². The Balaban J connectivity index is 1.63. The molecule has 1 aromatic carbocycles. The predicted octanol–water partition coefficient (Wildman–Crippen LogP) is 1.84. The molecule has 1 aromatic rings. The second-order valence-corrected chi connectivity index (χ2v) is 6.26. The van der Waals surface area contributed by atoms with E-state index in [-0.39, 0.29) is 11.8 Å². The van der Waals surface area contributed by atoms with Crippen LogP contribution in [0.25, 0.3) is 0 Å². The second kappa shape index (κ2) is 6.48. The van der Waals surface area contributed by atoms with Crippen LogP contribution in [-0.2, 0) is 4.79 Å². The van der Waals surface area contributed by atoms with Crippen molar-refractivity contribution in [3.63, 3.8) is 0 Å². The van der Waals surface area contributed by atoms with Crippen molar-refractivity contribution in [2.45, 2.75) is 37.6 Å². The minimum absolute atomic E-state index is 0.158. The number of carboxylic acids is 1. The normalized spacial score (nSPS) is 21.6. The van der Waals surface area contributed by atoms with E-state index in [1.54, 1.807) is 18.2 Å². The number of nitrogens with one attached hydrogen (secondary N) is 1. The summed E-state index contributed by atoms with van der Waals surface area (Å²) in [6.07, 6.45) is 4.33. The van der Waals surface area contributed by atoms with Gasteiger partial charge in [-0.05, 0) is 43.4 Å². The molecule has 118 valence electrons. The third-order valence-electron chi connectivity index (χ3n) is 4.50. The molecule has 5 heteroatoms. The lowest BCUT2D eigenvalue weighted by atomic mass is 9.89. The van der Waals surface area contributed by atoms with Crippen LogP contribution in [0.1, 0.15) is 47.5 Å². The zero-order chi connectivity index (χ0) is 15.5. The Kier molecular flexibility index (Phi) is 4.43. The lowest BCUT2D eigenvalue weighted by Gasteiger charge is -2.33. The third-order valence-corrected chi connectivity index (χ3v) is 4.50. The van der Waals surface area contributed by atoms with Crippen molar-refractivity contribution in [1.29, 1.82) is 0 Å². The number of hydrogen-bond acceptors (Lipinski definition) is 3. The van der Waals surface area contributed by atoms with Gasteiger partial charge in [-0.15, -0.1) is 0 Å². The molecule has 1 saturated heterocycles. The highest BCUT2D eigenvalue weighted by molar-refractivity contribution is 5.87. The average Bonchev–Trinajstić information content (AvgIpc) is 3.37. The van der Waals surface area contributed by atoms with Crippen LogP contribution in [0.2, 0.25) is 0 Å². The molecule has 2 fully saturated rings. The van der Waals surface area contributed by atoms with Gasteiger partial charge in [-0.3, -0.25) is 4.79 Å². The Morgan fingerprint density at radius 2 is 2.09 bits per heavy atom. The van der Waals surface area contributed by atoms with Gasteiger partial charge >= 0.3 is 5.97 Å². The largest absolute Gasteiger partial charge is 0.478 e. The van der Waals surface area contributed by atoms with Gasteiger partial charge in [0, 0.05) is 25.0 Å². The van der Waals surface area contributed by atoms with Crippen LogP contribution in [0.3, 0.4) is 0 Å². The van der Waals surface area contributed by atoms with Crippen molar-refractivity contribution < 1.29 is 14.7 Å². The number of carbonyl (C=O) groups is 2. The number of nitrogens with zero attached hydrogens (tertiary/aromatic N) is 1. The first kappa shape index (κ1) is 15.0. The van der Waals surface area contributed by atoms with Gasteiger partial charge in [0.15, 0.2) is 0 Å². The number of carboxylic acid groups (broad SMARTS) is 1. The summed E-state index contributed by atoms with van der Waals surface area (Å²) in [5.74, 6) is -0.511. The standard InChI is InChI=1S/C17H22N2O3/c20-16(10-18-15-6-7-15)19-8-2-5-14(11-19)12-3-1-4-13(9-12)17(21)22/h1,3-4,9,14-15,18H,2,5-8,10-11H2,(H,21,22). The number of carbonyl (C=O) groups excluding carboxylic acids is 1. The lowest BCUT2D eigenvalue weighted by molar-refractivity contribution is -0.131. The molecule has 2 N–H and O–H groups in total. The summed E-state index contributed by atoms with van der Waals surface area (Å²) in [7, 11) is 0. The SMILES string of the molecule is O=C(O)c1cccc(C2CCCN(C(=O)CNC3CC3)C2)c1. The van der Waals surface area contributed by atoms with Gasteiger partial charge in [0.05, 0.1) is 12.1 Å².